The van der Waals surface area contributed by atoms with E-state index in [1.165, 1.54) is 0 Å². The summed E-state index contributed by atoms with van der Waals surface area (Å²) < 4.78 is 0. The number of allylic oxidation sites excluding steroid dienone is 4. The highest BCUT2D eigenvalue weighted by Gasteiger charge is 2.51. The Morgan fingerprint density at radius 3 is 2.67 bits per heavy atom. The predicted octanol–water partition coefficient (Wildman–Crippen LogP) is 2.67. The van der Waals surface area contributed by atoms with Crippen LogP contribution in [0.15, 0.2) is 42.5 Å². The van der Waals surface area contributed by atoms with Crippen LogP contribution in [-0.4, -0.2) is 5.78 Å². The van der Waals surface area contributed by atoms with Crippen LogP contribution in [0.5, 0.6) is 0 Å². The summed E-state index contributed by atoms with van der Waals surface area (Å²) in [5.74, 6) is 1.95. The van der Waals surface area contributed by atoms with Gasteiger partial charge in [-0.3, -0.25) is 4.79 Å². The van der Waals surface area contributed by atoms with E-state index in [9.17, 15) is 4.79 Å². The number of para-hydroxylation sites is 1. The van der Waals surface area contributed by atoms with E-state index in [0.717, 1.165) is 17.6 Å². The van der Waals surface area contributed by atoms with Crippen LogP contribution in [0.25, 0.3) is 5.57 Å². The van der Waals surface area contributed by atoms with Crippen molar-refractivity contribution in [3.8, 4) is 0 Å². The average Bonchev–Trinajstić information content (AvgIpc) is 3.03. The summed E-state index contributed by atoms with van der Waals surface area (Å²) in [6.45, 7) is 0. The van der Waals surface area contributed by atoms with Crippen LogP contribution in [-0.2, 0) is 4.79 Å². The second kappa shape index (κ2) is 3.35. The van der Waals surface area contributed by atoms with Crippen LogP contribution in [0, 0.1) is 23.7 Å². The van der Waals surface area contributed by atoms with Crippen LogP contribution in [0.4, 0.5) is 5.69 Å². The van der Waals surface area contributed by atoms with Gasteiger partial charge in [0.05, 0.1) is 0 Å². The Hall–Kier alpha value is -1.83. The van der Waals surface area contributed by atoms with Crippen molar-refractivity contribution < 1.29 is 4.79 Å². The maximum atomic E-state index is 12.6. The highest BCUT2D eigenvalue weighted by molar-refractivity contribution is 6.25. The minimum Gasteiger partial charge on any atom is -0.398 e. The molecule has 3 aliphatic rings. The van der Waals surface area contributed by atoms with E-state index < -0.39 is 0 Å². The monoisotopic (exact) mass is 237 g/mol. The molecule has 1 fully saturated rings. The lowest BCUT2D eigenvalue weighted by Crippen LogP contribution is -2.21. The number of fused-ring (bicyclic) bond motifs is 5. The molecule has 2 N–H and O–H groups in total. The van der Waals surface area contributed by atoms with Gasteiger partial charge in [-0.05, 0) is 30.2 Å². The first-order chi connectivity index (χ1) is 8.75. The first-order valence-electron chi connectivity index (χ1n) is 6.55. The highest BCUT2D eigenvalue weighted by atomic mass is 16.1. The van der Waals surface area contributed by atoms with Crippen molar-refractivity contribution in [2.75, 3.05) is 5.73 Å². The molecule has 1 aromatic carbocycles. The van der Waals surface area contributed by atoms with Crippen molar-refractivity contribution in [2.45, 2.75) is 6.42 Å². The normalized spacial score (nSPS) is 36.0. The van der Waals surface area contributed by atoms with Gasteiger partial charge in [0.25, 0.3) is 0 Å². The largest absolute Gasteiger partial charge is 0.398 e. The van der Waals surface area contributed by atoms with Gasteiger partial charge in [0.2, 0.25) is 0 Å². The number of Topliss-reactive ketones (excluding diaryl/α,β-unsaturated/α-hetero) is 1. The molecule has 2 bridgehead atoms. The van der Waals surface area contributed by atoms with Crippen molar-refractivity contribution in [3.05, 3.63) is 48.1 Å². The van der Waals surface area contributed by atoms with E-state index in [2.05, 4.69) is 18.2 Å². The Morgan fingerprint density at radius 1 is 1.11 bits per heavy atom. The first-order valence-corrected chi connectivity index (χ1v) is 6.55. The smallest absolute Gasteiger partial charge is 0.167 e. The Kier molecular flexibility index (Phi) is 1.88. The predicted molar refractivity (Wildman–Crippen MR) is 71.6 cm³/mol. The van der Waals surface area contributed by atoms with E-state index in [1.54, 1.807) is 0 Å². The number of hydrogen-bond donors (Lipinski definition) is 1. The first kappa shape index (κ1) is 10.1. The number of nitrogen functional groups attached to an aromatic ring is 1. The van der Waals surface area contributed by atoms with Crippen molar-refractivity contribution in [3.63, 3.8) is 0 Å². The zero-order valence-corrected chi connectivity index (χ0v) is 10.0. The van der Waals surface area contributed by atoms with Gasteiger partial charge in [-0.15, -0.1) is 0 Å². The van der Waals surface area contributed by atoms with E-state index in [1.807, 2.05) is 24.3 Å². The van der Waals surface area contributed by atoms with Gasteiger partial charge in [0.1, 0.15) is 0 Å². The molecule has 0 saturated heterocycles. The van der Waals surface area contributed by atoms with Crippen molar-refractivity contribution in [2.24, 2.45) is 23.7 Å². The molecule has 2 heteroatoms. The van der Waals surface area contributed by atoms with Crippen LogP contribution < -0.4 is 5.73 Å². The fourth-order valence-electron chi connectivity index (χ4n) is 3.88. The summed E-state index contributed by atoms with van der Waals surface area (Å²) in [4.78, 5) is 12.6. The molecular formula is C16H15NO. The molecule has 4 rings (SSSR count). The van der Waals surface area contributed by atoms with Gasteiger partial charge >= 0.3 is 0 Å². The third kappa shape index (κ3) is 1.15. The summed E-state index contributed by atoms with van der Waals surface area (Å²) in [5, 5.41) is 0. The molecule has 1 saturated carbocycles. The number of anilines is 1. The standard InChI is InChI=1S/C16H15NO/c17-14-4-2-1-3-11(14)13-8-12-9-5-6-10(7-9)15(12)16(13)18/h1-6,8-10,12,15H,7,17H2/t9-,10+,12+,15-/m0/s1. The third-order valence-electron chi connectivity index (χ3n) is 4.70. The van der Waals surface area contributed by atoms with Gasteiger partial charge in [-0.1, -0.05) is 36.4 Å². The fraction of sp³-hybridized carbons (Fsp3) is 0.312. The number of rotatable bonds is 1. The number of nitrogens with two attached hydrogens (primary N) is 1. The molecule has 0 radical (unpaired) electrons. The SMILES string of the molecule is Nc1ccccc1C1=C[C@H]2[C@@H](C1=O)[C@@H]1C=C[C@H]2C1. The molecule has 90 valence electrons. The maximum absolute atomic E-state index is 12.6. The molecule has 0 unspecified atom stereocenters. The average molecular weight is 237 g/mol. The number of benzene rings is 1. The van der Waals surface area contributed by atoms with Gasteiger partial charge in [-0.25, -0.2) is 0 Å². The molecule has 2 nitrogen and oxygen atoms in total. The quantitative estimate of drug-likeness (QED) is 0.602. The van der Waals surface area contributed by atoms with E-state index in [-0.39, 0.29) is 5.92 Å². The summed E-state index contributed by atoms with van der Waals surface area (Å²) in [5.41, 5.74) is 8.46. The summed E-state index contributed by atoms with van der Waals surface area (Å²) in [6.07, 6.45) is 7.85. The third-order valence-corrected chi connectivity index (χ3v) is 4.70. The number of carbonyl (C=O) groups excluding carboxylic acids is 1. The highest BCUT2D eigenvalue weighted by Crippen LogP contribution is 2.54. The molecule has 18 heavy (non-hydrogen) atoms. The molecule has 4 atom stereocenters. The Balaban J connectivity index is 1.79. The van der Waals surface area contributed by atoms with Crippen LogP contribution in [0.1, 0.15) is 12.0 Å². The van der Waals surface area contributed by atoms with E-state index >= 15 is 0 Å². The Bertz CT molecular complexity index is 599. The Morgan fingerprint density at radius 2 is 1.89 bits per heavy atom. The summed E-state index contributed by atoms with van der Waals surface area (Å²) in [7, 11) is 0. The Labute approximate surface area is 106 Å². The summed E-state index contributed by atoms with van der Waals surface area (Å²) in [6, 6.07) is 7.67. The van der Waals surface area contributed by atoms with Gasteiger partial charge in [0, 0.05) is 22.7 Å². The zero-order chi connectivity index (χ0) is 12.3. The lowest BCUT2D eigenvalue weighted by Gasteiger charge is -2.18. The number of carbonyl (C=O) groups is 1. The molecule has 0 aromatic heterocycles. The second-order valence-corrected chi connectivity index (χ2v) is 5.58. The topological polar surface area (TPSA) is 43.1 Å². The molecule has 0 heterocycles. The molecule has 1 aromatic rings. The maximum Gasteiger partial charge on any atom is 0.167 e. The summed E-state index contributed by atoms with van der Waals surface area (Å²) >= 11 is 0. The van der Waals surface area contributed by atoms with Crippen LogP contribution in [0.3, 0.4) is 0 Å². The number of hydrogen-bond acceptors (Lipinski definition) is 2. The van der Waals surface area contributed by atoms with E-state index in [4.69, 9.17) is 5.73 Å². The molecular weight excluding hydrogens is 222 g/mol. The van der Waals surface area contributed by atoms with Crippen molar-refractivity contribution in [1.82, 2.24) is 0 Å². The van der Waals surface area contributed by atoms with Crippen molar-refractivity contribution >= 4 is 17.0 Å². The van der Waals surface area contributed by atoms with Crippen LogP contribution in [0.2, 0.25) is 0 Å². The minimum atomic E-state index is 0.189. The minimum absolute atomic E-state index is 0.189. The lowest BCUT2D eigenvalue weighted by atomic mass is 9.84. The van der Waals surface area contributed by atoms with Gasteiger partial charge in [-0.2, -0.15) is 0 Å². The molecule has 0 amide bonds. The molecule has 3 aliphatic carbocycles. The van der Waals surface area contributed by atoms with Gasteiger partial charge in [0.15, 0.2) is 5.78 Å². The lowest BCUT2D eigenvalue weighted by molar-refractivity contribution is -0.117. The number of ketones is 1. The van der Waals surface area contributed by atoms with Crippen LogP contribution >= 0.6 is 0 Å². The van der Waals surface area contributed by atoms with Gasteiger partial charge < -0.3 is 5.73 Å². The fourth-order valence-corrected chi connectivity index (χ4v) is 3.88. The zero-order valence-electron chi connectivity index (χ0n) is 10.0. The van der Waals surface area contributed by atoms with E-state index in [0.29, 0.717) is 29.2 Å². The second-order valence-electron chi connectivity index (χ2n) is 5.58. The molecule has 0 spiro atoms. The van der Waals surface area contributed by atoms with Crippen molar-refractivity contribution in [1.29, 1.82) is 0 Å². The molecule has 0 aliphatic heterocycles.